The molecule has 76 valence electrons. The van der Waals surface area contributed by atoms with Crippen molar-refractivity contribution in [1.82, 2.24) is 0 Å². The van der Waals surface area contributed by atoms with Crippen molar-refractivity contribution in [3.63, 3.8) is 0 Å². The second kappa shape index (κ2) is 3.88. The van der Waals surface area contributed by atoms with E-state index in [1.165, 1.54) is 0 Å². The molecule has 1 aromatic rings. The van der Waals surface area contributed by atoms with Gasteiger partial charge in [0.1, 0.15) is 24.2 Å². The predicted octanol–water partition coefficient (Wildman–Crippen LogP) is 1.90. The lowest BCUT2D eigenvalue weighted by molar-refractivity contribution is 0.140. The van der Waals surface area contributed by atoms with E-state index in [9.17, 15) is 5.11 Å². The van der Waals surface area contributed by atoms with E-state index in [1.807, 2.05) is 18.2 Å². The summed E-state index contributed by atoms with van der Waals surface area (Å²) in [7, 11) is 0. The Hall–Kier alpha value is -1.22. The largest absolute Gasteiger partial charge is 0.493 e. The van der Waals surface area contributed by atoms with Crippen LogP contribution in [0.5, 0.6) is 11.5 Å². The van der Waals surface area contributed by atoms with Crippen LogP contribution >= 0.6 is 0 Å². The molecule has 0 radical (unpaired) electrons. The third-order valence-corrected chi connectivity index (χ3v) is 2.21. The maximum Gasteiger partial charge on any atom is 0.129 e. The first-order chi connectivity index (χ1) is 6.81. The van der Waals surface area contributed by atoms with Gasteiger partial charge in [0, 0.05) is 11.6 Å². The molecule has 0 spiro atoms. The standard InChI is InChI=1S/C11H14O3/c1-2-5-13-8-3-4-9-10(12)7-14-11(9)6-8/h3-4,6,10,12H,2,5,7H2,1H3. The Morgan fingerprint density at radius 3 is 3.21 bits per heavy atom. The molecule has 0 aliphatic carbocycles. The summed E-state index contributed by atoms with van der Waals surface area (Å²) < 4.78 is 10.8. The third-order valence-electron chi connectivity index (χ3n) is 2.21. The number of hydrogen-bond acceptors (Lipinski definition) is 3. The predicted molar refractivity (Wildman–Crippen MR) is 52.7 cm³/mol. The monoisotopic (exact) mass is 194 g/mol. The molecule has 0 aromatic heterocycles. The smallest absolute Gasteiger partial charge is 0.129 e. The van der Waals surface area contributed by atoms with Gasteiger partial charge in [0.25, 0.3) is 0 Å². The van der Waals surface area contributed by atoms with Crippen molar-refractivity contribution in [1.29, 1.82) is 0 Å². The maximum absolute atomic E-state index is 9.48. The van der Waals surface area contributed by atoms with E-state index < -0.39 is 6.10 Å². The molecular weight excluding hydrogens is 180 g/mol. The summed E-state index contributed by atoms with van der Waals surface area (Å²) in [6.07, 6.45) is 0.505. The van der Waals surface area contributed by atoms with Gasteiger partial charge in [-0.15, -0.1) is 0 Å². The summed E-state index contributed by atoms with van der Waals surface area (Å²) in [6.45, 7) is 3.13. The highest BCUT2D eigenvalue weighted by Gasteiger charge is 2.21. The fourth-order valence-electron chi connectivity index (χ4n) is 1.48. The fraction of sp³-hybridized carbons (Fsp3) is 0.455. The van der Waals surface area contributed by atoms with Crippen LogP contribution < -0.4 is 9.47 Å². The van der Waals surface area contributed by atoms with Crippen molar-refractivity contribution in [2.75, 3.05) is 13.2 Å². The van der Waals surface area contributed by atoms with E-state index in [2.05, 4.69) is 6.92 Å². The molecule has 1 unspecified atom stereocenters. The molecule has 0 bridgehead atoms. The average molecular weight is 194 g/mol. The molecule has 2 rings (SSSR count). The lowest BCUT2D eigenvalue weighted by atomic mass is 10.1. The van der Waals surface area contributed by atoms with Gasteiger partial charge in [0.05, 0.1) is 6.61 Å². The first-order valence-corrected chi connectivity index (χ1v) is 4.89. The number of aliphatic hydroxyl groups excluding tert-OH is 1. The summed E-state index contributed by atoms with van der Waals surface area (Å²) in [5.74, 6) is 1.55. The van der Waals surface area contributed by atoms with Crippen LogP contribution in [0.1, 0.15) is 25.0 Å². The van der Waals surface area contributed by atoms with Crippen molar-refractivity contribution in [3.8, 4) is 11.5 Å². The Labute approximate surface area is 83.3 Å². The topological polar surface area (TPSA) is 38.7 Å². The zero-order valence-corrected chi connectivity index (χ0v) is 8.19. The quantitative estimate of drug-likeness (QED) is 0.798. The second-order valence-electron chi connectivity index (χ2n) is 3.37. The van der Waals surface area contributed by atoms with Crippen LogP contribution in [0.3, 0.4) is 0 Å². The van der Waals surface area contributed by atoms with E-state index in [1.54, 1.807) is 0 Å². The van der Waals surface area contributed by atoms with Gasteiger partial charge in [-0.25, -0.2) is 0 Å². The van der Waals surface area contributed by atoms with E-state index in [-0.39, 0.29) is 0 Å². The van der Waals surface area contributed by atoms with Crippen LogP contribution in [-0.4, -0.2) is 18.3 Å². The van der Waals surface area contributed by atoms with Crippen molar-refractivity contribution >= 4 is 0 Å². The molecule has 3 heteroatoms. The molecule has 1 N–H and O–H groups in total. The summed E-state index contributed by atoms with van der Waals surface area (Å²) in [5.41, 5.74) is 0.855. The minimum atomic E-state index is -0.481. The summed E-state index contributed by atoms with van der Waals surface area (Å²) in [4.78, 5) is 0. The van der Waals surface area contributed by atoms with Crippen LogP contribution in [-0.2, 0) is 0 Å². The zero-order chi connectivity index (χ0) is 9.97. The molecule has 1 aliphatic heterocycles. The van der Waals surface area contributed by atoms with Crippen LogP contribution in [0.4, 0.5) is 0 Å². The number of rotatable bonds is 3. The van der Waals surface area contributed by atoms with E-state index in [0.29, 0.717) is 13.2 Å². The SMILES string of the molecule is CCCOc1ccc2c(c1)OCC2O. The number of fused-ring (bicyclic) bond motifs is 1. The van der Waals surface area contributed by atoms with Gasteiger partial charge in [-0.2, -0.15) is 0 Å². The summed E-state index contributed by atoms with van der Waals surface area (Å²) in [6, 6.07) is 5.56. The highest BCUT2D eigenvalue weighted by Crippen LogP contribution is 2.34. The minimum absolute atomic E-state index is 0.354. The summed E-state index contributed by atoms with van der Waals surface area (Å²) in [5, 5.41) is 9.48. The molecule has 1 heterocycles. The molecule has 0 saturated heterocycles. The molecule has 3 nitrogen and oxygen atoms in total. The van der Waals surface area contributed by atoms with Gasteiger partial charge in [-0.3, -0.25) is 0 Å². The molecule has 0 amide bonds. The summed E-state index contributed by atoms with van der Waals surface area (Å²) >= 11 is 0. The fourth-order valence-corrected chi connectivity index (χ4v) is 1.48. The Kier molecular flexibility index (Phi) is 2.59. The number of aliphatic hydroxyl groups is 1. The Balaban J connectivity index is 2.15. The third kappa shape index (κ3) is 1.68. The van der Waals surface area contributed by atoms with E-state index in [0.717, 1.165) is 23.5 Å². The van der Waals surface area contributed by atoms with Crippen LogP contribution in [0.2, 0.25) is 0 Å². The van der Waals surface area contributed by atoms with Gasteiger partial charge in [0.15, 0.2) is 0 Å². The number of hydrogen-bond donors (Lipinski definition) is 1. The van der Waals surface area contributed by atoms with Crippen molar-refractivity contribution in [3.05, 3.63) is 23.8 Å². The normalized spacial score (nSPS) is 18.9. The minimum Gasteiger partial charge on any atom is -0.493 e. The lowest BCUT2D eigenvalue weighted by Gasteiger charge is -2.06. The van der Waals surface area contributed by atoms with Crippen LogP contribution in [0, 0.1) is 0 Å². The Bertz CT molecular complexity index is 322. The van der Waals surface area contributed by atoms with Gasteiger partial charge in [-0.05, 0) is 18.6 Å². The van der Waals surface area contributed by atoms with Gasteiger partial charge in [-0.1, -0.05) is 6.92 Å². The van der Waals surface area contributed by atoms with Crippen molar-refractivity contribution in [2.24, 2.45) is 0 Å². The maximum atomic E-state index is 9.48. The molecular formula is C11H14O3. The molecule has 1 aromatic carbocycles. The molecule has 14 heavy (non-hydrogen) atoms. The average Bonchev–Trinajstić information content (AvgIpc) is 2.57. The highest BCUT2D eigenvalue weighted by molar-refractivity contribution is 5.44. The van der Waals surface area contributed by atoms with Crippen LogP contribution in [0.25, 0.3) is 0 Å². The van der Waals surface area contributed by atoms with Gasteiger partial charge < -0.3 is 14.6 Å². The number of ether oxygens (including phenoxy) is 2. The molecule has 1 aliphatic rings. The first kappa shape index (κ1) is 9.34. The van der Waals surface area contributed by atoms with E-state index >= 15 is 0 Å². The first-order valence-electron chi connectivity index (χ1n) is 4.89. The Morgan fingerprint density at radius 2 is 2.43 bits per heavy atom. The number of benzene rings is 1. The molecule has 0 saturated carbocycles. The molecule has 0 fully saturated rings. The van der Waals surface area contributed by atoms with Gasteiger partial charge >= 0.3 is 0 Å². The van der Waals surface area contributed by atoms with Crippen molar-refractivity contribution < 1.29 is 14.6 Å². The zero-order valence-electron chi connectivity index (χ0n) is 8.19. The molecule has 1 atom stereocenters. The highest BCUT2D eigenvalue weighted by atomic mass is 16.5. The van der Waals surface area contributed by atoms with E-state index in [4.69, 9.17) is 9.47 Å². The Morgan fingerprint density at radius 1 is 1.57 bits per heavy atom. The van der Waals surface area contributed by atoms with Gasteiger partial charge in [0.2, 0.25) is 0 Å². The van der Waals surface area contributed by atoms with Crippen molar-refractivity contribution in [2.45, 2.75) is 19.4 Å². The second-order valence-corrected chi connectivity index (χ2v) is 3.37. The lowest BCUT2D eigenvalue weighted by Crippen LogP contribution is -1.97. The van der Waals surface area contributed by atoms with Crippen LogP contribution in [0.15, 0.2) is 18.2 Å².